The highest BCUT2D eigenvalue weighted by Gasteiger charge is 2.50. The molecule has 1 amide bonds. The summed E-state index contributed by atoms with van der Waals surface area (Å²) in [6.07, 6.45) is 2.17. The molecule has 2 aliphatic rings. The molecule has 2 atom stereocenters. The summed E-state index contributed by atoms with van der Waals surface area (Å²) >= 11 is 0. The fourth-order valence-electron chi connectivity index (χ4n) is 6.28. The molecule has 2 aliphatic heterocycles. The number of hydrogen-bond donors (Lipinski definition) is 2. The van der Waals surface area contributed by atoms with Crippen LogP contribution < -0.4 is 16.6 Å². The largest absolute Gasteiger partial charge is 0.457 e. The number of fused-ring (bicyclic) bond motifs is 5. The first-order valence-electron chi connectivity index (χ1n) is 16.7. The number of ether oxygens (including phenoxy) is 4. The number of cyclic esters (lactones) is 1. The molecule has 0 aliphatic carbocycles. The number of nitrogens with two attached hydrogens (primary N) is 1. The van der Waals surface area contributed by atoms with Crippen molar-refractivity contribution in [2.24, 2.45) is 5.73 Å². The average Bonchev–Trinajstić information content (AvgIpc) is 3.41. The van der Waals surface area contributed by atoms with E-state index in [9.17, 15) is 19.2 Å². The Morgan fingerprint density at radius 2 is 1.85 bits per heavy atom. The lowest BCUT2D eigenvalue weighted by Crippen LogP contribution is -2.48. The van der Waals surface area contributed by atoms with E-state index >= 15 is 0 Å². The number of carbonyl (C=O) groups is 3. The van der Waals surface area contributed by atoms with Gasteiger partial charge >= 0.3 is 11.9 Å². The maximum absolute atomic E-state index is 13.7. The van der Waals surface area contributed by atoms with Crippen LogP contribution in [0.4, 0.5) is 0 Å². The zero-order valence-corrected chi connectivity index (χ0v) is 28.5. The second-order valence-electron chi connectivity index (χ2n) is 13.3. The minimum Gasteiger partial charge on any atom is -0.457 e. The fraction of sp³-hybridized carbons (Fsp3) is 0.528. The zero-order valence-electron chi connectivity index (χ0n) is 28.5. The second kappa shape index (κ2) is 14.2. The first-order chi connectivity index (χ1) is 22.8. The van der Waals surface area contributed by atoms with Crippen LogP contribution in [-0.4, -0.2) is 64.9 Å². The van der Waals surface area contributed by atoms with Gasteiger partial charge in [-0.15, -0.1) is 0 Å². The molecule has 2 unspecified atom stereocenters. The minimum absolute atomic E-state index is 0.0238. The van der Waals surface area contributed by atoms with Crippen LogP contribution in [0.5, 0.6) is 0 Å². The van der Waals surface area contributed by atoms with Crippen LogP contribution in [0.2, 0.25) is 0 Å². The number of hydrogen-bond acceptors (Lipinski definition) is 10. The normalized spacial score (nSPS) is 18.0. The van der Waals surface area contributed by atoms with Crippen molar-refractivity contribution in [2.45, 2.75) is 96.7 Å². The topological polar surface area (TPSA) is 161 Å². The van der Waals surface area contributed by atoms with Crippen LogP contribution in [0.3, 0.4) is 0 Å². The minimum atomic E-state index is -1.85. The Morgan fingerprint density at radius 3 is 2.58 bits per heavy atom. The lowest BCUT2D eigenvalue weighted by Gasteiger charge is -2.35. The molecule has 3 aromatic rings. The summed E-state index contributed by atoms with van der Waals surface area (Å²) in [7, 11) is 0. The van der Waals surface area contributed by atoms with Gasteiger partial charge in [0.1, 0.15) is 13.2 Å². The Hall–Kier alpha value is -4.13. The van der Waals surface area contributed by atoms with Gasteiger partial charge in [-0.3, -0.25) is 14.4 Å². The van der Waals surface area contributed by atoms with Crippen LogP contribution >= 0.6 is 0 Å². The van der Waals surface area contributed by atoms with E-state index in [4.69, 9.17) is 29.7 Å². The Morgan fingerprint density at radius 1 is 1.08 bits per heavy atom. The first-order valence-corrected chi connectivity index (χ1v) is 16.7. The summed E-state index contributed by atoms with van der Waals surface area (Å²) in [5.41, 5.74) is 6.05. The third-order valence-corrected chi connectivity index (χ3v) is 9.50. The van der Waals surface area contributed by atoms with Crippen molar-refractivity contribution in [3.63, 3.8) is 0 Å². The van der Waals surface area contributed by atoms with Gasteiger partial charge in [0.25, 0.3) is 5.56 Å². The molecule has 0 spiro atoms. The number of carbonyl (C=O) groups excluding carboxylic acids is 3. The SMILES string of the molecule is CCC(C)(CCOC(C)(C)CCN)OCCC(=O)NCC(=O)OC1(CC)C(=O)OCc2c1cc1n(c2=O)Cc2cc3ccccc3nc2-1. The van der Waals surface area contributed by atoms with Gasteiger partial charge in [0.15, 0.2) is 0 Å². The standard InChI is InChI=1S/C36H46N4O8/c1-6-35(5,14-17-46-34(3,4)13-15-37)47-16-12-29(41)38-20-30(42)48-36(7-2)26-19-28-31-24(18-23-10-8-9-11-27(23)39-31)21-40(28)32(43)25(26)22-45-33(36)44/h8-11,18-19H,6-7,12-17,20-22,37H2,1-5H3,(H,38,41). The molecule has 0 radical (unpaired) electrons. The van der Waals surface area contributed by atoms with Gasteiger partial charge in [0, 0.05) is 22.9 Å². The van der Waals surface area contributed by atoms with Crippen LogP contribution in [-0.2, 0) is 52.1 Å². The number of benzene rings is 1. The summed E-state index contributed by atoms with van der Waals surface area (Å²) in [5, 5.41) is 3.52. The van der Waals surface area contributed by atoms with Crippen molar-refractivity contribution < 1.29 is 33.3 Å². The Balaban J connectivity index is 1.23. The Labute approximate surface area is 280 Å². The third kappa shape index (κ3) is 7.15. The van der Waals surface area contributed by atoms with Crippen LogP contribution in [0.1, 0.15) is 83.4 Å². The quantitative estimate of drug-likeness (QED) is 0.179. The number of amides is 1. The lowest BCUT2D eigenvalue weighted by atomic mass is 9.85. The summed E-state index contributed by atoms with van der Waals surface area (Å²) in [6.45, 7) is 10.5. The van der Waals surface area contributed by atoms with Crippen LogP contribution in [0, 0.1) is 0 Å². The maximum atomic E-state index is 13.7. The van der Waals surface area contributed by atoms with E-state index in [1.54, 1.807) is 17.6 Å². The molecule has 3 N–H and O–H groups in total. The highest BCUT2D eigenvalue weighted by Crippen LogP contribution is 2.41. The number of nitrogens with one attached hydrogen (secondary N) is 1. The van der Waals surface area contributed by atoms with Crippen molar-refractivity contribution in [1.29, 1.82) is 0 Å². The second-order valence-corrected chi connectivity index (χ2v) is 13.3. The molecule has 0 bridgehead atoms. The van der Waals surface area contributed by atoms with Gasteiger partial charge in [0.2, 0.25) is 11.5 Å². The molecule has 0 saturated carbocycles. The molecule has 2 aromatic heterocycles. The molecule has 12 heteroatoms. The molecule has 258 valence electrons. The number of rotatable bonds is 15. The maximum Gasteiger partial charge on any atom is 0.355 e. The summed E-state index contributed by atoms with van der Waals surface area (Å²) < 4.78 is 24.9. The number of aromatic nitrogens is 2. The number of pyridine rings is 2. The smallest absolute Gasteiger partial charge is 0.355 e. The Kier molecular flexibility index (Phi) is 10.4. The van der Waals surface area contributed by atoms with E-state index in [1.807, 2.05) is 58.0 Å². The highest BCUT2D eigenvalue weighted by atomic mass is 16.6. The number of esters is 2. The molecule has 4 heterocycles. The van der Waals surface area contributed by atoms with E-state index in [2.05, 4.69) is 5.32 Å². The number of nitrogens with zero attached hydrogens (tertiary/aromatic N) is 2. The zero-order chi connectivity index (χ0) is 34.7. The summed E-state index contributed by atoms with van der Waals surface area (Å²) in [4.78, 5) is 57.6. The Bertz CT molecular complexity index is 1770. The molecule has 5 rings (SSSR count). The molecule has 48 heavy (non-hydrogen) atoms. The van der Waals surface area contributed by atoms with Crippen molar-refractivity contribution >= 4 is 28.7 Å². The third-order valence-electron chi connectivity index (χ3n) is 9.50. The number of para-hydroxylation sites is 1. The van der Waals surface area contributed by atoms with E-state index in [0.717, 1.165) is 29.3 Å². The molecule has 0 fully saturated rings. The summed E-state index contributed by atoms with van der Waals surface area (Å²) in [5.74, 6) is -2.01. The molecule has 0 saturated heterocycles. The predicted octanol–water partition coefficient (Wildman–Crippen LogP) is 3.86. The van der Waals surface area contributed by atoms with Crippen molar-refractivity contribution in [3.05, 3.63) is 63.4 Å². The van der Waals surface area contributed by atoms with Crippen molar-refractivity contribution in [1.82, 2.24) is 14.9 Å². The average molecular weight is 663 g/mol. The molecular weight excluding hydrogens is 616 g/mol. The molecule has 12 nitrogen and oxygen atoms in total. The van der Waals surface area contributed by atoms with Crippen molar-refractivity contribution in [3.8, 4) is 11.4 Å². The van der Waals surface area contributed by atoms with E-state index in [-0.39, 0.29) is 48.3 Å². The van der Waals surface area contributed by atoms with E-state index in [1.165, 1.54) is 0 Å². The monoisotopic (exact) mass is 662 g/mol. The fourth-order valence-corrected chi connectivity index (χ4v) is 6.28. The molecule has 1 aromatic carbocycles. The lowest BCUT2D eigenvalue weighted by molar-refractivity contribution is -0.189. The van der Waals surface area contributed by atoms with Crippen molar-refractivity contribution in [2.75, 3.05) is 26.3 Å². The van der Waals surface area contributed by atoms with Gasteiger partial charge in [-0.2, -0.15) is 0 Å². The van der Waals surface area contributed by atoms with Gasteiger partial charge in [-0.05, 0) is 71.2 Å². The first kappa shape index (κ1) is 35.2. The van der Waals surface area contributed by atoms with Gasteiger partial charge < -0.3 is 34.6 Å². The molecular formula is C36H46N4O8. The van der Waals surface area contributed by atoms with Gasteiger partial charge in [0.05, 0.1) is 53.4 Å². The van der Waals surface area contributed by atoms with E-state index < -0.39 is 35.6 Å². The van der Waals surface area contributed by atoms with Crippen LogP contribution in [0.15, 0.2) is 41.2 Å². The van der Waals surface area contributed by atoms with E-state index in [0.29, 0.717) is 37.5 Å². The highest BCUT2D eigenvalue weighted by molar-refractivity contribution is 5.89. The predicted molar refractivity (Wildman–Crippen MR) is 179 cm³/mol. The van der Waals surface area contributed by atoms with Gasteiger partial charge in [-0.25, -0.2) is 9.78 Å². The summed E-state index contributed by atoms with van der Waals surface area (Å²) in [6, 6.07) is 11.4. The van der Waals surface area contributed by atoms with Gasteiger partial charge in [-0.1, -0.05) is 32.0 Å². The van der Waals surface area contributed by atoms with Crippen LogP contribution in [0.25, 0.3) is 22.3 Å².